The molecule has 2 aromatic rings. The first kappa shape index (κ1) is 15.1. The Balaban J connectivity index is 2.17. The van der Waals surface area contributed by atoms with Crippen molar-refractivity contribution in [2.24, 2.45) is 0 Å². The molecule has 0 saturated heterocycles. The highest BCUT2D eigenvalue weighted by Gasteiger charge is 2.12. The first-order chi connectivity index (χ1) is 10.0. The molecule has 1 amide bonds. The van der Waals surface area contributed by atoms with E-state index in [1.165, 1.54) is 6.20 Å². The molecule has 0 aliphatic rings. The van der Waals surface area contributed by atoms with Gasteiger partial charge in [0.05, 0.1) is 10.6 Å². The molecule has 0 atom stereocenters. The lowest BCUT2D eigenvalue weighted by atomic mass is 10.2. The Hall–Kier alpha value is -2.27. The Morgan fingerprint density at radius 1 is 1.24 bits per heavy atom. The lowest BCUT2D eigenvalue weighted by Gasteiger charge is -2.13. The summed E-state index contributed by atoms with van der Waals surface area (Å²) in [5.41, 5.74) is 2.16. The van der Waals surface area contributed by atoms with E-state index in [4.69, 9.17) is 11.6 Å². The summed E-state index contributed by atoms with van der Waals surface area (Å²) in [7, 11) is 5.66. The van der Waals surface area contributed by atoms with E-state index in [1.807, 2.05) is 43.3 Å². The highest BCUT2D eigenvalue weighted by atomic mass is 35.5. The van der Waals surface area contributed by atoms with Crippen molar-refractivity contribution in [2.75, 3.05) is 36.7 Å². The number of nitrogens with one attached hydrogen (secondary N) is 2. The third kappa shape index (κ3) is 3.64. The second-order valence-electron chi connectivity index (χ2n) is 4.69. The maximum atomic E-state index is 12.3. The maximum Gasteiger partial charge on any atom is 0.257 e. The number of benzene rings is 1. The van der Waals surface area contributed by atoms with Crippen molar-refractivity contribution < 1.29 is 4.79 Å². The molecule has 1 aromatic carbocycles. The number of halogens is 1. The Labute approximate surface area is 128 Å². The third-order valence-corrected chi connectivity index (χ3v) is 3.30. The fourth-order valence-electron chi connectivity index (χ4n) is 1.79. The molecule has 0 aliphatic carbocycles. The van der Waals surface area contributed by atoms with Crippen molar-refractivity contribution in [2.45, 2.75) is 0 Å². The van der Waals surface area contributed by atoms with Gasteiger partial charge in [0.25, 0.3) is 5.91 Å². The average molecular weight is 305 g/mol. The number of hydrogen-bond donors (Lipinski definition) is 2. The highest BCUT2D eigenvalue weighted by molar-refractivity contribution is 6.34. The summed E-state index contributed by atoms with van der Waals surface area (Å²) in [4.78, 5) is 18.3. The van der Waals surface area contributed by atoms with Crippen molar-refractivity contribution in [3.8, 4) is 0 Å². The lowest BCUT2D eigenvalue weighted by Crippen LogP contribution is -2.14. The molecule has 21 heavy (non-hydrogen) atoms. The molecule has 0 bridgehead atoms. The Kier molecular flexibility index (Phi) is 4.65. The zero-order chi connectivity index (χ0) is 15.4. The number of hydrogen-bond acceptors (Lipinski definition) is 4. The smallest absolute Gasteiger partial charge is 0.257 e. The molecule has 2 N–H and O–H groups in total. The molecule has 6 heteroatoms. The summed E-state index contributed by atoms with van der Waals surface area (Å²) < 4.78 is 0. The predicted octanol–water partition coefficient (Wildman–Crippen LogP) is 3.10. The van der Waals surface area contributed by atoms with E-state index < -0.39 is 0 Å². The highest BCUT2D eigenvalue weighted by Crippen LogP contribution is 2.21. The molecule has 0 unspecified atom stereocenters. The molecule has 0 radical (unpaired) electrons. The van der Waals surface area contributed by atoms with Crippen molar-refractivity contribution in [3.05, 3.63) is 47.1 Å². The quantitative estimate of drug-likeness (QED) is 0.911. The lowest BCUT2D eigenvalue weighted by molar-refractivity contribution is 0.102. The summed E-state index contributed by atoms with van der Waals surface area (Å²) in [6.45, 7) is 0. The molecule has 0 saturated carbocycles. The molecule has 2 rings (SSSR count). The number of anilines is 3. The summed E-state index contributed by atoms with van der Waals surface area (Å²) in [5.74, 6) is 0.323. The van der Waals surface area contributed by atoms with Crippen LogP contribution in [-0.4, -0.2) is 32.0 Å². The van der Waals surface area contributed by atoms with Crippen LogP contribution in [0, 0.1) is 0 Å². The number of rotatable bonds is 4. The summed E-state index contributed by atoms with van der Waals surface area (Å²) in [6, 6.07) is 9.18. The number of carbonyl (C=O) groups is 1. The first-order valence-corrected chi connectivity index (χ1v) is 6.81. The van der Waals surface area contributed by atoms with Crippen LogP contribution in [0.4, 0.5) is 17.2 Å². The topological polar surface area (TPSA) is 57.3 Å². The van der Waals surface area contributed by atoms with Gasteiger partial charge in [-0.25, -0.2) is 4.98 Å². The van der Waals surface area contributed by atoms with E-state index in [-0.39, 0.29) is 5.91 Å². The van der Waals surface area contributed by atoms with Crippen molar-refractivity contribution in [1.82, 2.24) is 4.98 Å². The van der Waals surface area contributed by atoms with Crippen LogP contribution in [0.3, 0.4) is 0 Å². The van der Waals surface area contributed by atoms with Gasteiger partial charge in [-0.05, 0) is 30.3 Å². The monoisotopic (exact) mass is 304 g/mol. The van der Waals surface area contributed by atoms with E-state index in [2.05, 4.69) is 15.6 Å². The zero-order valence-corrected chi connectivity index (χ0v) is 12.9. The maximum absolute atomic E-state index is 12.3. The van der Waals surface area contributed by atoms with Gasteiger partial charge >= 0.3 is 0 Å². The van der Waals surface area contributed by atoms with Crippen LogP contribution in [-0.2, 0) is 0 Å². The third-order valence-electron chi connectivity index (χ3n) is 3.00. The molecule has 0 spiro atoms. The Bertz CT molecular complexity index is 641. The number of nitrogens with zero attached hydrogens (tertiary/aromatic N) is 2. The minimum absolute atomic E-state index is 0.267. The van der Waals surface area contributed by atoms with Gasteiger partial charge in [-0.2, -0.15) is 0 Å². The Morgan fingerprint density at radius 3 is 2.48 bits per heavy atom. The number of amides is 1. The van der Waals surface area contributed by atoms with Crippen molar-refractivity contribution in [3.63, 3.8) is 0 Å². The normalized spacial score (nSPS) is 10.1. The van der Waals surface area contributed by atoms with Gasteiger partial charge in [-0.1, -0.05) is 11.6 Å². The largest absolute Gasteiger partial charge is 0.378 e. The van der Waals surface area contributed by atoms with E-state index in [1.54, 1.807) is 13.1 Å². The number of aromatic nitrogens is 1. The van der Waals surface area contributed by atoms with Crippen LogP contribution in [0.25, 0.3) is 0 Å². The molecule has 0 fully saturated rings. The summed E-state index contributed by atoms with van der Waals surface area (Å²) in [6.07, 6.45) is 1.46. The minimum atomic E-state index is -0.267. The molecular weight excluding hydrogens is 288 g/mol. The predicted molar refractivity (Wildman–Crippen MR) is 87.5 cm³/mol. The molecule has 5 nitrogen and oxygen atoms in total. The van der Waals surface area contributed by atoms with E-state index in [0.29, 0.717) is 22.1 Å². The standard InChI is InChI=1S/C15H17ClN4O/c1-17-14-8-12(13(16)9-18-14)15(21)19-10-4-6-11(7-5-10)20(2)3/h4-9H,1-3H3,(H,17,18)(H,19,21). The Morgan fingerprint density at radius 2 is 1.90 bits per heavy atom. The number of pyridine rings is 1. The fourth-order valence-corrected chi connectivity index (χ4v) is 1.98. The van der Waals surface area contributed by atoms with Gasteiger partial charge in [0, 0.05) is 38.7 Å². The fraction of sp³-hybridized carbons (Fsp3) is 0.200. The SMILES string of the molecule is CNc1cc(C(=O)Nc2ccc(N(C)C)cc2)c(Cl)cn1. The van der Waals surface area contributed by atoms with Gasteiger partial charge < -0.3 is 15.5 Å². The van der Waals surface area contributed by atoms with Crippen LogP contribution in [0.5, 0.6) is 0 Å². The molecular formula is C15H17ClN4O. The van der Waals surface area contributed by atoms with Gasteiger partial charge in [-0.3, -0.25) is 4.79 Å². The van der Waals surface area contributed by atoms with Crippen LogP contribution >= 0.6 is 11.6 Å². The van der Waals surface area contributed by atoms with E-state index in [9.17, 15) is 4.79 Å². The van der Waals surface area contributed by atoms with Crippen LogP contribution in [0.15, 0.2) is 36.5 Å². The van der Waals surface area contributed by atoms with Gasteiger partial charge in [0.1, 0.15) is 5.82 Å². The van der Waals surface area contributed by atoms with Crippen LogP contribution < -0.4 is 15.5 Å². The second-order valence-corrected chi connectivity index (χ2v) is 5.10. The van der Waals surface area contributed by atoms with Crippen molar-refractivity contribution in [1.29, 1.82) is 0 Å². The van der Waals surface area contributed by atoms with Gasteiger partial charge in [-0.15, -0.1) is 0 Å². The zero-order valence-electron chi connectivity index (χ0n) is 12.1. The average Bonchev–Trinajstić information content (AvgIpc) is 2.48. The second kappa shape index (κ2) is 6.45. The minimum Gasteiger partial charge on any atom is -0.378 e. The number of carbonyl (C=O) groups excluding carboxylic acids is 1. The molecule has 1 aromatic heterocycles. The van der Waals surface area contributed by atoms with E-state index >= 15 is 0 Å². The van der Waals surface area contributed by atoms with E-state index in [0.717, 1.165) is 5.69 Å². The molecule has 1 heterocycles. The van der Waals surface area contributed by atoms with Crippen molar-refractivity contribution >= 4 is 34.7 Å². The molecule has 110 valence electrons. The van der Waals surface area contributed by atoms with Crippen LogP contribution in [0.2, 0.25) is 5.02 Å². The summed E-state index contributed by atoms with van der Waals surface area (Å²) >= 11 is 6.02. The molecule has 0 aliphatic heterocycles. The summed E-state index contributed by atoms with van der Waals surface area (Å²) in [5, 5.41) is 6.01. The van der Waals surface area contributed by atoms with Crippen LogP contribution in [0.1, 0.15) is 10.4 Å². The van der Waals surface area contributed by atoms with Gasteiger partial charge in [0.2, 0.25) is 0 Å². The van der Waals surface area contributed by atoms with Gasteiger partial charge in [0.15, 0.2) is 0 Å². The first-order valence-electron chi connectivity index (χ1n) is 6.43.